The summed E-state index contributed by atoms with van der Waals surface area (Å²) < 4.78 is 4.46. The van der Waals surface area contributed by atoms with Crippen molar-refractivity contribution in [1.82, 2.24) is 0 Å². The summed E-state index contributed by atoms with van der Waals surface area (Å²) in [6.07, 6.45) is 10.9. The van der Waals surface area contributed by atoms with Gasteiger partial charge in [0.1, 0.15) is 13.1 Å². The molecule has 0 amide bonds. The van der Waals surface area contributed by atoms with E-state index in [-0.39, 0.29) is 44.9 Å². The second-order valence-corrected chi connectivity index (χ2v) is 3.93. The van der Waals surface area contributed by atoms with Gasteiger partial charge in [-0.2, -0.15) is 0 Å². The minimum absolute atomic E-state index is 0. The van der Waals surface area contributed by atoms with E-state index >= 15 is 0 Å². The number of hydrogen-bond acceptors (Lipinski definition) is 0. The first-order chi connectivity index (χ1) is 7.95. The lowest BCUT2D eigenvalue weighted by atomic mass is 10.3. The fourth-order valence-corrected chi connectivity index (χ4v) is 1.76. The molecule has 0 bridgehead atoms. The number of aryl methyl sites for hydroxylation is 2. The van der Waals surface area contributed by atoms with E-state index in [2.05, 4.69) is 70.3 Å². The van der Waals surface area contributed by atoms with Gasteiger partial charge in [-0.25, -0.2) is 9.13 Å². The number of hydrogen-bond donors (Lipinski definition) is 0. The summed E-state index contributed by atoms with van der Waals surface area (Å²) in [6.45, 7) is 2.21. The minimum atomic E-state index is 0. The third-order valence-electron chi connectivity index (χ3n) is 2.64. The van der Waals surface area contributed by atoms with Crippen LogP contribution in [0.3, 0.4) is 0 Å². The molecule has 114 valence electrons. The summed E-state index contributed by atoms with van der Waals surface area (Å²) in [5, 5.41) is 0. The molecule has 2 rings (SSSR count). The Hall–Kier alpha value is -0.820. The molecule has 0 aliphatic carbocycles. The summed E-state index contributed by atoms with van der Waals surface area (Å²) in [5.74, 6) is 0. The number of aromatic nitrogens is 2. The highest BCUT2D eigenvalue weighted by Crippen LogP contribution is 1.89. The molecule has 4 N–H and O–H groups in total. The molecule has 0 aliphatic rings. The summed E-state index contributed by atoms with van der Waals surface area (Å²) in [5.41, 5.74) is 0. The van der Waals surface area contributed by atoms with Gasteiger partial charge in [0, 0.05) is 37.1 Å². The maximum Gasteiger partial charge on any atom is 0.168 e. The average Bonchev–Trinajstić information content (AvgIpc) is 2.37. The van der Waals surface area contributed by atoms with Gasteiger partial charge in [-0.05, 0) is 0 Å². The molecule has 0 saturated carbocycles. The van der Waals surface area contributed by atoms with Crippen LogP contribution in [0.5, 0.6) is 0 Å². The van der Waals surface area contributed by atoms with E-state index in [1.807, 2.05) is 0 Å². The first-order valence-corrected chi connectivity index (χ1v) is 5.83. The molecule has 6 heteroatoms. The Bertz CT molecular complexity index is 375. The van der Waals surface area contributed by atoms with Crippen LogP contribution in [-0.4, -0.2) is 11.0 Å². The molecule has 0 unspecified atom stereocenters. The standard InChI is InChI=1S/C14H18N2.2BrH.2H2O/c1-3-9-15(10-4-1)13-7-8-14-16-11-5-2-6-12-16;;;;/h1-6,9-12H,7-8,13-14H2;2*1H;2*1H2/q+2;;;;/p-2. The lowest BCUT2D eigenvalue weighted by Gasteiger charge is -1.96. The normalized spacial score (nSPS) is 8.20. The molecule has 0 atom stereocenters. The molecule has 2 aromatic heterocycles. The molecule has 0 aliphatic heterocycles. The summed E-state index contributed by atoms with van der Waals surface area (Å²) >= 11 is 0. The molecule has 0 radical (unpaired) electrons. The van der Waals surface area contributed by atoms with Gasteiger partial charge in [-0.15, -0.1) is 0 Å². The Labute approximate surface area is 141 Å². The highest BCUT2D eigenvalue weighted by Gasteiger charge is 2.01. The molecule has 2 aromatic rings. The fraction of sp³-hybridized carbons (Fsp3) is 0.286. The van der Waals surface area contributed by atoms with Gasteiger partial charge in [-0.3, -0.25) is 0 Å². The van der Waals surface area contributed by atoms with Gasteiger partial charge in [0.05, 0.1) is 0 Å². The van der Waals surface area contributed by atoms with E-state index < -0.39 is 0 Å². The fourth-order valence-electron chi connectivity index (χ4n) is 1.76. The minimum Gasteiger partial charge on any atom is -1.00 e. The SMILES string of the molecule is O.O.[Br-].[Br-].c1cc[n+](CCCC[n+]2ccccc2)cc1. The van der Waals surface area contributed by atoms with Crippen molar-refractivity contribution in [3.05, 3.63) is 61.2 Å². The van der Waals surface area contributed by atoms with Crippen molar-refractivity contribution in [2.45, 2.75) is 25.9 Å². The summed E-state index contributed by atoms with van der Waals surface area (Å²) in [7, 11) is 0. The topological polar surface area (TPSA) is 70.8 Å². The Balaban J connectivity index is -0.000000722. The third kappa shape index (κ3) is 9.14. The number of nitrogens with zero attached hydrogens (tertiary/aromatic N) is 2. The van der Waals surface area contributed by atoms with Crippen LogP contribution in [-0.2, 0) is 13.1 Å². The number of unbranched alkanes of at least 4 members (excludes halogenated alkanes) is 1. The largest absolute Gasteiger partial charge is 1.00 e. The summed E-state index contributed by atoms with van der Waals surface area (Å²) in [4.78, 5) is 0. The van der Waals surface area contributed by atoms with Gasteiger partial charge in [-0.1, -0.05) is 12.1 Å². The highest BCUT2D eigenvalue weighted by molar-refractivity contribution is 4.84. The molecular weight excluding hydrogens is 388 g/mol. The molecule has 0 fully saturated rings. The summed E-state index contributed by atoms with van der Waals surface area (Å²) in [6, 6.07) is 12.4. The number of rotatable bonds is 5. The second-order valence-electron chi connectivity index (χ2n) is 3.93. The van der Waals surface area contributed by atoms with Crippen LogP contribution in [0.25, 0.3) is 0 Å². The maximum atomic E-state index is 2.23. The van der Waals surface area contributed by atoms with Gasteiger partial charge in [0.25, 0.3) is 0 Å². The maximum absolute atomic E-state index is 2.23. The molecule has 2 heterocycles. The Morgan fingerprint density at radius 2 is 0.800 bits per heavy atom. The third-order valence-corrected chi connectivity index (χ3v) is 2.64. The molecule has 4 nitrogen and oxygen atoms in total. The molecule has 0 aromatic carbocycles. The van der Waals surface area contributed by atoms with E-state index in [1.165, 1.54) is 12.8 Å². The van der Waals surface area contributed by atoms with Crippen molar-refractivity contribution in [2.24, 2.45) is 0 Å². The monoisotopic (exact) mass is 408 g/mol. The van der Waals surface area contributed by atoms with Gasteiger partial charge < -0.3 is 44.9 Å². The predicted molar refractivity (Wildman–Crippen MR) is 69.7 cm³/mol. The van der Waals surface area contributed by atoms with Crippen LogP contribution < -0.4 is 43.1 Å². The Kier molecular flexibility index (Phi) is 17.7. The average molecular weight is 410 g/mol. The van der Waals surface area contributed by atoms with Crippen LogP contribution in [0, 0.1) is 0 Å². The van der Waals surface area contributed by atoms with Crippen molar-refractivity contribution < 1.29 is 54.0 Å². The van der Waals surface area contributed by atoms with Crippen molar-refractivity contribution in [3.63, 3.8) is 0 Å². The number of pyridine rings is 2. The van der Waals surface area contributed by atoms with Crippen molar-refractivity contribution in [1.29, 1.82) is 0 Å². The van der Waals surface area contributed by atoms with E-state index in [9.17, 15) is 0 Å². The Morgan fingerprint density at radius 3 is 1.10 bits per heavy atom. The van der Waals surface area contributed by atoms with E-state index in [1.54, 1.807) is 0 Å². The van der Waals surface area contributed by atoms with Crippen molar-refractivity contribution >= 4 is 0 Å². The van der Waals surface area contributed by atoms with Crippen molar-refractivity contribution in [2.75, 3.05) is 0 Å². The zero-order chi connectivity index (χ0) is 11.1. The van der Waals surface area contributed by atoms with E-state index in [0.717, 1.165) is 13.1 Å². The predicted octanol–water partition coefficient (Wildman–Crippen LogP) is -5.90. The van der Waals surface area contributed by atoms with Crippen LogP contribution in [0.15, 0.2) is 61.2 Å². The molecular formula is C14H22Br2N2O2. The lowest BCUT2D eigenvalue weighted by Crippen LogP contribution is -3.00. The Morgan fingerprint density at radius 1 is 0.500 bits per heavy atom. The zero-order valence-electron chi connectivity index (χ0n) is 11.3. The zero-order valence-corrected chi connectivity index (χ0v) is 14.4. The first kappa shape index (κ1) is 24.2. The van der Waals surface area contributed by atoms with Crippen LogP contribution in [0.4, 0.5) is 0 Å². The second kappa shape index (κ2) is 14.6. The highest BCUT2D eigenvalue weighted by atomic mass is 79.9. The van der Waals surface area contributed by atoms with Crippen LogP contribution in [0.2, 0.25) is 0 Å². The lowest BCUT2D eigenvalue weighted by molar-refractivity contribution is -0.708. The van der Waals surface area contributed by atoms with Gasteiger partial charge in [0.15, 0.2) is 24.8 Å². The quantitative estimate of drug-likeness (QED) is 0.348. The van der Waals surface area contributed by atoms with Crippen LogP contribution in [0.1, 0.15) is 12.8 Å². The first-order valence-electron chi connectivity index (χ1n) is 5.83. The van der Waals surface area contributed by atoms with Crippen LogP contribution >= 0.6 is 0 Å². The van der Waals surface area contributed by atoms with E-state index in [0.29, 0.717) is 0 Å². The van der Waals surface area contributed by atoms with Crippen molar-refractivity contribution in [3.8, 4) is 0 Å². The van der Waals surface area contributed by atoms with E-state index in [4.69, 9.17) is 0 Å². The molecule has 20 heavy (non-hydrogen) atoms. The smallest absolute Gasteiger partial charge is 0.168 e. The molecule has 0 spiro atoms. The van der Waals surface area contributed by atoms with Gasteiger partial charge in [0.2, 0.25) is 0 Å². The number of halogens is 2. The molecule has 0 saturated heterocycles. The van der Waals surface area contributed by atoms with Gasteiger partial charge >= 0.3 is 0 Å².